The van der Waals surface area contributed by atoms with Crippen molar-refractivity contribution < 1.29 is 9.90 Å². The summed E-state index contributed by atoms with van der Waals surface area (Å²) in [6.07, 6.45) is 1.55. The summed E-state index contributed by atoms with van der Waals surface area (Å²) in [7, 11) is 1.63. The summed E-state index contributed by atoms with van der Waals surface area (Å²) < 4.78 is 1.43. The molecule has 2 aromatic rings. The fraction of sp³-hybridized carbons (Fsp3) is 0.600. The summed E-state index contributed by atoms with van der Waals surface area (Å²) in [6.45, 7) is 4.21. The molecule has 9 heteroatoms. The van der Waals surface area contributed by atoms with Crippen LogP contribution in [0.25, 0.3) is 10.3 Å². The van der Waals surface area contributed by atoms with Crippen molar-refractivity contribution >= 4 is 32.7 Å². The molecule has 3 N–H and O–H groups in total. The molecule has 8 nitrogen and oxygen atoms in total. The molecular formula is C15H21N5O3S. The van der Waals surface area contributed by atoms with E-state index < -0.39 is 5.41 Å². The number of hydrogen-bond donors (Lipinski definition) is 2. The third-order valence-electron chi connectivity index (χ3n) is 4.46. The Morgan fingerprint density at radius 2 is 2.17 bits per heavy atom. The van der Waals surface area contributed by atoms with Crippen LogP contribution in [0.5, 0.6) is 0 Å². The summed E-state index contributed by atoms with van der Waals surface area (Å²) in [6, 6.07) is -0.386. The van der Waals surface area contributed by atoms with Gasteiger partial charge in [0.1, 0.15) is 11.9 Å². The maximum Gasteiger partial charge on any atom is 0.280 e. The average molecular weight is 351 g/mol. The summed E-state index contributed by atoms with van der Waals surface area (Å²) in [5.74, 6) is 0.125. The molecule has 1 amide bonds. The van der Waals surface area contributed by atoms with Gasteiger partial charge in [0.05, 0.1) is 6.61 Å². The normalized spacial score (nSPS) is 18.5. The average Bonchev–Trinajstić information content (AvgIpc) is 3.16. The number of fused-ring (bicyclic) bond motifs is 1. The summed E-state index contributed by atoms with van der Waals surface area (Å²) in [5.41, 5.74) is 4.84. The predicted octanol–water partition coefficient (Wildman–Crippen LogP) is 0.114. The van der Waals surface area contributed by atoms with Gasteiger partial charge in [0.2, 0.25) is 5.91 Å². The van der Waals surface area contributed by atoms with Crippen LogP contribution in [0.1, 0.15) is 32.5 Å². The zero-order valence-corrected chi connectivity index (χ0v) is 14.8. The smallest absolute Gasteiger partial charge is 0.280 e. The van der Waals surface area contributed by atoms with Crippen molar-refractivity contribution in [3.05, 3.63) is 16.2 Å². The van der Waals surface area contributed by atoms with Gasteiger partial charge >= 0.3 is 0 Å². The predicted molar refractivity (Wildman–Crippen MR) is 92.3 cm³/mol. The molecule has 2 aromatic heterocycles. The van der Waals surface area contributed by atoms with Crippen molar-refractivity contribution in [3.63, 3.8) is 0 Å². The van der Waals surface area contributed by atoms with Gasteiger partial charge in [0.15, 0.2) is 15.5 Å². The Morgan fingerprint density at radius 3 is 2.79 bits per heavy atom. The molecule has 3 rings (SSSR count). The van der Waals surface area contributed by atoms with Gasteiger partial charge in [0.25, 0.3) is 5.56 Å². The Hall–Kier alpha value is -2.00. The number of nitrogens with zero attached hydrogens (tertiary/aromatic N) is 4. The van der Waals surface area contributed by atoms with Crippen molar-refractivity contribution in [1.29, 1.82) is 0 Å². The maximum absolute atomic E-state index is 12.6. The van der Waals surface area contributed by atoms with Gasteiger partial charge in [-0.15, -0.1) is 0 Å². The molecule has 1 saturated heterocycles. The van der Waals surface area contributed by atoms with Gasteiger partial charge in [-0.05, 0) is 12.8 Å². The van der Waals surface area contributed by atoms with Crippen molar-refractivity contribution in [2.24, 2.45) is 12.8 Å². The van der Waals surface area contributed by atoms with Crippen LogP contribution in [0.15, 0.2) is 4.79 Å². The van der Waals surface area contributed by atoms with Gasteiger partial charge in [-0.3, -0.25) is 14.2 Å². The van der Waals surface area contributed by atoms with Crippen molar-refractivity contribution in [2.75, 3.05) is 18.1 Å². The van der Waals surface area contributed by atoms with E-state index in [0.29, 0.717) is 28.8 Å². The zero-order chi connectivity index (χ0) is 17.6. The quantitative estimate of drug-likeness (QED) is 0.808. The van der Waals surface area contributed by atoms with E-state index in [1.807, 2.05) is 18.7 Å². The van der Waals surface area contributed by atoms with Crippen LogP contribution in [0.3, 0.4) is 0 Å². The Kier molecular flexibility index (Phi) is 4.08. The monoisotopic (exact) mass is 351 g/mol. The summed E-state index contributed by atoms with van der Waals surface area (Å²) in [5, 5.41) is 10.2. The molecule has 3 heterocycles. The van der Waals surface area contributed by atoms with Gasteiger partial charge < -0.3 is 15.7 Å². The minimum Gasteiger partial charge on any atom is -0.395 e. The number of hydrogen-bond acceptors (Lipinski definition) is 7. The Morgan fingerprint density at radius 1 is 1.46 bits per heavy atom. The molecule has 1 aliphatic heterocycles. The molecule has 0 bridgehead atoms. The Bertz CT molecular complexity index is 857. The molecular weight excluding hydrogens is 330 g/mol. The van der Waals surface area contributed by atoms with Crippen LogP contribution in [-0.2, 0) is 17.3 Å². The molecule has 1 fully saturated rings. The molecule has 0 aliphatic carbocycles. The van der Waals surface area contributed by atoms with E-state index in [0.717, 1.165) is 6.42 Å². The van der Waals surface area contributed by atoms with E-state index in [2.05, 4.69) is 9.97 Å². The van der Waals surface area contributed by atoms with Gasteiger partial charge in [-0.1, -0.05) is 25.2 Å². The number of thiazole rings is 1. The number of nitrogens with two attached hydrogens (primary N) is 1. The summed E-state index contributed by atoms with van der Waals surface area (Å²) >= 11 is 1.28. The molecule has 1 unspecified atom stereocenters. The van der Waals surface area contributed by atoms with E-state index in [9.17, 15) is 14.7 Å². The zero-order valence-electron chi connectivity index (χ0n) is 13.9. The van der Waals surface area contributed by atoms with Gasteiger partial charge in [-0.25, -0.2) is 9.97 Å². The lowest BCUT2D eigenvalue weighted by molar-refractivity contribution is -0.119. The first kappa shape index (κ1) is 16.8. The number of carbonyl (C=O) groups is 1. The second-order valence-corrected chi connectivity index (χ2v) is 7.70. The minimum absolute atomic E-state index is 0.125. The van der Waals surface area contributed by atoms with Crippen molar-refractivity contribution in [2.45, 2.75) is 38.1 Å². The van der Waals surface area contributed by atoms with Crippen LogP contribution < -0.4 is 16.2 Å². The lowest BCUT2D eigenvalue weighted by Gasteiger charge is -2.22. The van der Waals surface area contributed by atoms with Crippen LogP contribution in [0.2, 0.25) is 0 Å². The van der Waals surface area contributed by atoms with E-state index in [4.69, 9.17) is 5.73 Å². The molecule has 1 aliphatic rings. The topological polar surface area (TPSA) is 114 Å². The molecule has 1 atom stereocenters. The minimum atomic E-state index is -0.643. The number of anilines is 1. The molecule has 0 aromatic carbocycles. The van der Waals surface area contributed by atoms with E-state index in [1.54, 1.807) is 7.05 Å². The summed E-state index contributed by atoms with van der Waals surface area (Å²) in [4.78, 5) is 35.6. The molecule has 130 valence electrons. The van der Waals surface area contributed by atoms with Crippen LogP contribution in [-0.4, -0.2) is 44.7 Å². The lowest BCUT2D eigenvalue weighted by Crippen LogP contribution is -2.40. The first-order valence-electron chi connectivity index (χ1n) is 7.81. The van der Waals surface area contributed by atoms with E-state index in [1.165, 1.54) is 15.9 Å². The van der Waals surface area contributed by atoms with Crippen LogP contribution in [0, 0.1) is 0 Å². The fourth-order valence-corrected chi connectivity index (χ4v) is 4.04. The maximum atomic E-state index is 12.6. The lowest BCUT2D eigenvalue weighted by atomic mass is 9.93. The Balaban J connectivity index is 2.14. The highest BCUT2D eigenvalue weighted by Gasteiger charge is 2.32. The van der Waals surface area contributed by atoms with Gasteiger partial charge in [-0.2, -0.15) is 0 Å². The Labute approximate surface area is 142 Å². The van der Waals surface area contributed by atoms with E-state index >= 15 is 0 Å². The third-order valence-corrected chi connectivity index (χ3v) is 5.44. The first-order valence-corrected chi connectivity index (χ1v) is 8.63. The highest BCUT2D eigenvalue weighted by atomic mass is 32.1. The van der Waals surface area contributed by atoms with Crippen LogP contribution in [0.4, 0.5) is 5.13 Å². The highest BCUT2D eigenvalue weighted by Crippen LogP contribution is 2.32. The number of amides is 1. The largest absolute Gasteiger partial charge is 0.395 e. The number of aliphatic hydroxyl groups is 1. The van der Waals surface area contributed by atoms with Crippen molar-refractivity contribution in [1.82, 2.24) is 14.5 Å². The number of rotatable bonds is 4. The van der Waals surface area contributed by atoms with Crippen LogP contribution >= 0.6 is 11.3 Å². The number of primary amides is 1. The van der Waals surface area contributed by atoms with E-state index in [-0.39, 0.29) is 29.6 Å². The van der Waals surface area contributed by atoms with Crippen molar-refractivity contribution in [3.8, 4) is 0 Å². The second-order valence-electron chi connectivity index (χ2n) is 6.75. The number of aromatic nitrogens is 3. The molecule has 0 saturated carbocycles. The molecule has 0 spiro atoms. The molecule has 0 radical (unpaired) electrons. The van der Waals surface area contributed by atoms with Gasteiger partial charge in [0, 0.05) is 19.0 Å². The molecule has 24 heavy (non-hydrogen) atoms. The first-order chi connectivity index (χ1) is 11.3. The highest BCUT2D eigenvalue weighted by molar-refractivity contribution is 7.21. The number of carbonyl (C=O) groups excluding carboxylic acids is 1. The number of aliphatic hydroxyl groups excluding tert-OH is 1. The SMILES string of the molecule is Cn1c(C(C)(C)CO)nc2sc(N3CCCC3C(N)=O)nc2c1=O. The standard InChI is InChI=1S/C15H21N5O3S/c1-15(2,7-21)13-18-11-9(12(23)19(13)3)17-14(24-11)20-6-4-5-8(20)10(16)22/h8,21H,4-7H2,1-3H3,(H2,16,22). The second kappa shape index (κ2) is 5.82. The fourth-order valence-electron chi connectivity index (χ4n) is 3.03. The third kappa shape index (κ3) is 2.57.